The van der Waals surface area contributed by atoms with Crippen molar-refractivity contribution in [1.82, 2.24) is 4.98 Å². The van der Waals surface area contributed by atoms with Gasteiger partial charge in [-0.2, -0.15) is 0 Å². The van der Waals surface area contributed by atoms with Crippen LogP contribution in [0.1, 0.15) is 11.1 Å². The summed E-state index contributed by atoms with van der Waals surface area (Å²) in [5.41, 5.74) is 9.14. The van der Waals surface area contributed by atoms with E-state index in [9.17, 15) is 0 Å². The van der Waals surface area contributed by atoms with E-state index in [4.69, 9.17) is 5.73 Å². The molecule has 0 bridgehead atoms. The molecule has 0 radical (unpaired) electrons. The lowest BCUT2D eigenvalue weighted by Gasteiger charge is -2.20. The molecule has 3 nitrogen and oxygen atoms in total. The average molecular weight is 306 g/mol. The second kappa shape index (κ2) is 5.98. The summed E-state index contributed by atoms with van der Waals surface area (Å²) in [5.74, 6) is 0. The number of nitrogens with two attached hydrogens (primary N) is 1. The van der Waals surface area contributed by atoms with E-state index in [-0.39, 0.29) is 0 Å². The van der Waals surface area contributed by atoms with Gasteiger partial charge in [-0.15, -0.1) is 0 Å². The minimum Gasteiger partial charge on any atom is -0.369 e. The van der Waals surface area contributed by atoms with E-state index in [0.717, 1.165) is 22.3 Å². The highest BCUT2D eigenvalue weighted by Gasteiger charge is 2.05. The van der Waals surface area contributed by atoms with E-state index in [1.54, 1.807) is 6.20 Å². The molecule has 1 aromatic heterocycles. The van der Waals surface area contributed by atoms with Gasteiger partial charge in [0.15, 0.2) is 0 Å². The molecule has 2 rings (SSSR count). The predicted octanol–water partition coefficient (Wildman–Crippen LogP) is 2.94. The molecule has 1 aromatic carbocycles. The van der Waals surface area contributed by atoms with Gasteiger partial charge in [0, 0.05) is 32.5 Å². The molecule has 1 heterocycles. The summed E-state index contributed by atoms with van der Waals surface area (Å²) >= 11 is 3.51. The van der Waals surface area contributed by atoms with Crippen molar-refractivity contribution >= 4 is 21.6 Å². The Hall–Kier alpha value is -1.39. The molecule has 2 N–H and O–H groups in total. The molecular formula is C14H16BrN3. The largest absolute Gasteiger partial charge is 0.369 e. The van der Waals surface area contributed by atoms with Crippen molar-refractivity contribution in [3.8, 4) is 0 Å². The van der Waals surface area contributed by atoms with Crippen LogP contribution in [-0.2, 0) is 13.1 Å². The smallest absolute Gasteiger partial charge is 0.0592 e. The molecule has 2 aromatic rings. The highest BCUT2D eigenvalue weighted by atomic mass is 79.9. The Kier molecular flexibility index (Phi) is 4.33. The third-order valence-corrected chi connectivity index (χ3v) is 3.45. The maximum Gasteiger partial charge on any atom is 0.0592 e. The summed E-state index contributed by atoms with van der Waals surface area (Å²) in [5, 5.41) is 0. The normalized spacial score (nSPS) is 10.4. The summed E-state index contributed by atoms with van der Waals surface area (Å²) in [6, 6.07) is 10.4. The van der Waals surface area contributed by atoms with Crippen molar-refractivity contribution in [3.63, 3.8) is 0 Å². The lowest BCUT2D eigenvalue weighted by atomic mass is 10.1. The second-order valence-corrected chi connectivity index (χ2v) is 5.06. The first-order valence-electron chi connectivity index (χ1n) is 5.79. The Morgan fingerprint density at radius 3 is 2.44 bits per heavy atom. The van der Waals surface area contributed by atoms with E-state index >= 15 is 0 Å². The minimum absolute atomic E-state index is 0.589. The highest BCUT2D eigenvalue weighted by Crippen LogP contribution is 2.24. The number of pyridine rings is 1. The Bertz CT molecular complexity index is 511. The molecule has 0 unspecified atom stereocenters. The Balaban J connectivity index is 2.11. The van der Waals surface area contributed by atoms with Gasteiger partial charge in [0.25, 0.3) is 0 Å². The molecule has 0 aliphatic carbocycles. The number of rotatable bonds is 4. The van der Waals surface area contributed by atoms with Crippen LogP contribution in [0.2, 0.25) is 0 Å². The fourth-order valence-corrected chi connectivity index (χ4v) is 2.37. The number of nitrogens with zero attached hydrogens (tertiary/aromatic N) is 2. The van der Waals surface area contributed by atoms with E-state index in [1.165, 1.54) is 5.56 Å². The highest BCUT2D eigenvalue weighted by molar-refractivity contribution is 9.10. The molecule has 0 fully saturated rings. The maximum absolute atomic E-state index is 5.59. The Labute approximate surface area is 116 Å². The SMILES string of the molecule is CN(Cc1ccc(CN)cc1)c1ccncc1Br. The fourth-order valence-electron chi connectivity index (χ4n) is 1.82. The first-order chi connectivity index (χ1) is 8.70. The zero-order chi connectivity index (χ0) is 13.0. The van der Waals surface area contributed by atoms with Gasteiger partial charge in [0.1, 0.15) is 0 Å². The first kappa shape index (κ1) is 13.1. The minimum atomic E-state index is 0.589. The number of hydrogen-bond acceptors (Lipinski definition) is 3. The van der Waals surface area contributed by atoms with Gasteiger partial charge in [0.2, 0.25) is 0 Å². The second-order valence-electron chi connectivity index (χ2n) is 4.20. The van der Waals surface area contributed by atoms with Crippen LogP contribution in [0.25, 0.3) is 0 Å². The van der Waals surface area contributed by atoms with Gasteiger partial charge in [-0.1, -0.05) is 24.3 Å². The number of halogens is 1. The first-order valence-corrected chi connectivity index (χ1v) is 6.58. The van der Waals surface area contributed by atoms with Crippen LogP contribution in [0.5, 0.6) is 0 Å². The van der Waals surface area contributed by atoms with Crippen molar-refractivity contribution in [3.05, 3.63) is 58.3 Å². The van der Waals surface area contributed by atoms with Crippen molar-refractivity contribution in [2.75, 3.05) is 11.9 Å². The van der Waals surface area contributed by atoms with Gasteiger partial charge in [0.05, 0.1) is 10.2 Å². The van der Waals surface area contributed by atoms with Crippen LogP contribution in [-0.4, -0.2) is 12.0 Å². The molecule has 0 spiro atoms. The zero-order valence-corrected chi connectivity index (χ0v) is 11.9. The summed E-state index contributed by atoms with van der Waals surface area (Å²) in [6.07, 6.45) is 3.61. The molecule has 18 heavy (non-hydrogen) atoms. The standard InChI is InChI=1S/C14H16BrN3/c1-18(14-6-7-17-9-13(14)15)10-12-4-2-11(8-16)3-5-12/h2-7,9H,8,10,16H2,1H3. The number of aromatic nitrogens is 1. The third kappa shape index (κ3) is 3.09. The predicted molar refractivity (Wildman–Crippen MR) is 78.4 cm³/mol. The lowest BCUT2D eigenvalue weighted by Crippen LogP contribution is -2.16. The van der Waals surface area contributed by atoms with E-state index < -0.39 is 0 Å². The molecule has 0 aliphatic rings. The van der Waals surface area contributed by atoms with Crippen LogP contribution in [0.4, 0.5) is 5.69 Å². The fraction of sp³-hybridized carbons (Fsp3) is 0.214. The van der Waals surface area contributed by atoms with Crippen molar-refractivity contribution in [2.24, 2.45) is 5.73 Å². The van der Waals surface area contributed by atoms with Gasteiger partial charge in [-0.3, -0.25) is 4.98 Å². The van der Waals surface area contributed by atoms with Crippen molar-refractivity contribution < 1.29 is 0 Å². The Morgan fingerprint density at radius 1 is 1.17 bits per heavy atom. The number of benzene rings is 1. The molecule has 0 saturated heterocycles. The summed E-state index contributed by atoms with van der Waals surface area (Å²) in [7, 11) is 2.07. The lowest BCUT2D eigenvalue weighted by molar-refractivity contribution is 0.914. The third-order valence-electron chi connectivity index (χ3n) is 2.84. The molecule has 4 heteroatoms. The van der Waals surface area contributed by atoms with E-state index in [0.29, 0.717) is 6.54 Å². The molecule has 0 aliphatic heterocycles. The van der Waals surface area contributed by atoms with Gasteiger partial charge in [-0.25, -0.2) is 0 Å². The van der Waals surface area contributed by atoms with Crippen LogP contribution >= 0.6 is 15.9 Å². The van der Waals surface area contributed by atoms with Crippen LogP contribution in [0, 0.1) is 0 Å². The van der Waals surface area contributed by atoms with Gasteiger partial charge >= 0.3 is 0 Å². The van der Waals surface area contributed by atoms with Crippen LogP contribution in [0.3, 0.4) is 0 Å². The molecule has 0 amide bonds. The number of anilines is 1. The average Bonchev–Trinajstić information content (AvgIpc) is 2.40. The molecular weight excluding hydrogens is 290 g/mol. The Morgan fingerprint density at radius 2 is 1.83 bits per heavy atom. The van der Waals surface area contributed by atoms with Crippen molar-refractivity contribution in [1.29, 1.82) is 0 Å². The topological polar surface area (TPSA) is 42.1 Å². The van der Waals surface area contributed by atoms with Crippen molar-refractivity contribution in [2.45, 2.75) is 13.1 Å². The van der Waals surface area contributed by atoms with Gasteiger partial charge in [-0.05, 0) is 33.1 Å². The summed E-state index contributed by atoms with van der Waals surface area (Å²) < 4.78 is 1.01. The summed E-state index contributed by atoms with van der Waals surface area (Å²) in [6.45, 7) is 1.44. The molecule has 94 valence electrons. The zero-order valence-electron chi connectivity index (χ0n) is 10.3. The van der Waals surface area contributed by atoms with E-state index in [2.05, 4.69) is 57.1 Å². The maximum atomic E-state index is 5.59. The number of hydrogen-bond donors (Lipinski definition) is 1. The van der Waals surface area contributed by atoms with Crippen LogP contribution < -0.4 is 10.6 Å². The molecule has 0 atom stereocenters. The van der Waals surface area contributed by atoms with Gasteiger partial charge < -0.3 is 10.6 Å². The molecule has 0 saturated carbocycles. The summed E-state index contributed by atoms with van der Waals surface area (Å²) in [4.78, 5) is 6.25. The van der Waals surface area contributed by atoms with E-state index in [1.807, 2.05) is 12.3 Å². The monoisotopic (exact) mass is 305 g/mol. The van der Waals surface area contributed by atoms with Crippen LogP contribution in [0.15, 0.2) is 47.2 Å². The quantitative estimate of drug-likeness (QED) is 0.944.